The van der Waals surface area contributed by atoms with Crippen molar-refractivity contribution in [1.82, 2.24) is 20.2 Å². The molecule has 1 N–H and O–H groups in total. The van der Waals surface area contributed by atoms with Crippen LogP contribution in [0.5, 0.6) is 0 Å². The van der Waals surface area contributed by atoms with Gasteiger partial charge >= 0.3 is 0 Å². The van der Waals surface area contributed by atoms with E-state index in [2.05, 4.69) is 36.8 Å². The lowest BCUT2D eigenvalue weighted by Crippen LogP contribution is -2.00. The largest absolute Gasteiger partial charge is 0.362 e. The summed E-state index contributed by atoms with van der Waals surface area (Å²) in [4.78, 5) is 0. The van der Waals surface area contributed by atoms with Gasteiger partial charge in [0.15, 0.2) is 5.82 Å². The first-order valence-corrected chi connectivity index (χ1v) is 7.25. The van der Waals surface area contributed by atoms with Gasteiger partial charge in [-0.2, -0.15) is 4.68 Å². The van der Waals surface area contributed by atoms with Crippen LogP contribution in [-0.4, -0.2) is 20.2 Å². The summed E-state index contributed by atoms with van der Waals surface area (Å²) in [5.41, 5.74) is 1.63. The van der Waals surface area contributed by atoms with Crippen molar-refractivity contribution in [3.05, 3.63) is 70.8 Å². The van der Waals surface area contributed by atoms with Gasteiger partial charge in [-0.15, -0.1) is 5.10 Å². The quantitative estimate of drug-likeness (QED) is 0.772. The minimum Gasteiger partial charge on any atom is -0.362 e. The molecule has 7 heteroatoms. The van der Waals surface area contributed by atoms with Crippen LogP contribution in [0.4, 0.5) is 10.1 Å². The average Bonchev–Trinajstić information content (AvgIpc) is 2.98. The van der Waals surface area contributed by atoms with Crippen molar-refractivity contribution in [2.24, 2.45) is 0 Å². The SMILES string of the molecule is Fc1ccc(-n2nnnc2C=CNc2ccc(Br)cc2)cc1. The number of nitrogens with one attached hydrogen (secondary N) is 1. The van der Waals surface area contributed by atoms with E-state index in [0.717, 1.165) is 10.2 Å². The fraction of sp³-hybridized carbons (Fsp3) is 0. The Kier molecular flexibility index (Phi) is 4.24. The fourth-order valence-electron chi connectivity index (χ4n) is 1.82. The molecule has 0 fully saturated rings. The Balaban J connectivity index is 1.76. The molecule has 3 aromatic rings. The number of anilines is 1. The van der Waals surface area contributed by atoms with Gasteiger partial charge in [0.1, 0.15) is 5.82 Å². The van der Waals surface area contributed by atoms with Crippen LogP contribution in [-0.2, 0) is 0 Å². The molecule has 22 heavy (non-hydrogen) atoms. The molecule has 0 saturated heterocycles. The monoisotopic (exact) mass is 359 g/mol. The van der Waals surface area contributed by atoms with E-state index in [9.17, 15) is 4.39 Å². The Hall–Kier alpha value is -2.54. The van der Waals surface area contributed by atoms with Gasteiger partial charge in [0.25, 0.3) is 0 Å². The summed E-state index contributed by atoms with van der Waals surface area (Å²) in [6, 6.07) is 13.7. The van der Waals surface area contributed by atoms with Crippen LogP contribution in [0, 0.1) is 5.82 Å². The number of nitrogens with zero attached hydrogens (tertiary/aromatic N) is 4. The molecule has 1 aromatic heterocycles. The molecule has 0 aliphatic heterocycles. The molecule has 0 amide bonds. The third kappa shape index (κ3) is 3.37. The van der Waals surface area contributed by atoms with Crippen LogP contribution in [0.15, 0.2) is 59.2 Å². The zero-order valence-corrected chi connectivity index (χ0v) is 12.9. The van der Waals surface area contributed by atoms with Crippen molar-refractivity contribution in [2.45, 2.75) is 0 Å². The maximum absolute atomic E-state index is 13.0. The highest BCUT2D eigenvalue weighted by molar-refractivity contribution is 9.10. The molecule has 0 radical (unpaired) electrons. The molecule has 2 aromatic carbocycles. The highest BCUT2D eigenvalue weighted by atomic mass is 79.9. The third-order valence-corrected chi connectivity index (χ3v) is 3.42. The number of aromatic nitrogens is 4. The Morgan fingerprint density at radius 1 is 1.05 bits per heavy atom. The summed E-state index contributed by atoms with van der Waals surface area (Å²) in [6.45, 7) is 0. The first-order chi connectivity index (χ1) is 10.7. The van der Waals surface area contributed by atoms with Gasteiger partial charge in [-0.05, 0) is 59.0 Å². The molecular weight excluding hydrogens is 349 g/mol. The fourth-order valence-corrected chi connectivity index (χ4v) is 2.09. The topological polar surface area (TPSA) is 55.6 Å². The molecule has 0 aliphatic rings. The van der Waals surface area contributed by atoms with E-state index in [1.807, 2.05) is 24.3 Å². The molecule has 0 aliphatic carbocycles. The smallest absolute Gasteiger partial charge is 0.181 e. The maximum Gasteiger partial charge on any atom is 0.181 e. The van der Waals surface area contributed by atoms with Crippen molar-refractivity contribution in [3.8, 4) is 5.69 Å². The molecule has 0 bridgehead atoms. The molecule has 0 unspecified atom stereocenters. The van der Waals surface area contributed by atoms with Crippen molar-refractivity contribution in [1.29, 1.82) is 0 Å². The van der Waals surface area contributed by atoms with Gasteiger partial charge in [-0.3, -0.25) is 0 Å². The number of tetrazole rings is 1. The van der Waals surface area contributed by atoms with Gasteiger partial charge in [-0.1, -0.05) is 15.9 Å². The molecular formula is C15H11BrFN5. The van der Waals surface area contributed by atoms with E-state index in [4.69, 9.17) is 0 Å². The summed E-state index contributed by atoms with van der Waals surface area (Å²) in [5.74, 6) is 0.238. The lowest BCUT2D eigenvalue weighted by molar-refractivity contribution is 0.626. The van der Waals surface area contributed by atoms with E-state index in [-0.39, 0.29) is 5.82 Å². The molecule has 0 saturated carbocycles. The Labute approximate surface area is 134 Å². The second-order valence-corrected chi connectivity index (χ2v) is 5.33. The van der Waals surface area contributed by atoms with Crippen LogP contribution in [0.1, 0.15) is 5.82 Å². The van der Waals surface area contributed by atoms with E-state index in [1.165, 1.54) is 16.8 Å². The van der Waals surface area contributed by atoms with Crippen molar-refractivity contribution >= 4 is 27.7 Å². The number of hydrogen-bond donors (Lipinski definition) is 1. The van der Waals surface area contributed by atoms with E-state index in [1.54, 1.807) is 24.4 Å². The van der Waals surface area contributed by atoms with Crippen molar-refractivity contribution in [2.75, 3.05) is 5.32 Å². The lowest BCUT2D eigenvalue weighted by Gasteiger charge is -2.02. The maximum atomic E-state index is 13.0. The summed E-state index contributed by atoms with van der Waals surface area (Å²) >= 11 is 3.38. The summed E-state index contributed by atoms with van der Waals surface area (Å²) in [6.07, 6.45) is 3.49. The first-order valence-electron chi connectivity index (χ1n) is 6.45. The number of benzene rings is 2. The molecule has 0 atom stereocenters. The highest BCUT2D eigenvalue weighted by Crippen LogP contribution is 2.14. The average molecular weight is 360 g/mol. The minimum absolute atomic E-state index is 0.300. The van der Waals surface area contributed by atoms with Crippen LogP contribution >= 0.6 is 15.9 Å². The Morgan fingerprint density at radius 2 is 1.77 bits per heavy atom. The number of rotatable bonds is 4. The lowest BCUT2D eigenvalue weighted by atomic mass is 10.3. The second-order valence-electron chi connectivity index (χ2n) is 4.41. The van der Waals surface area contributed by atoms with Gasteiger partial charge in [-0.25, -0.2) is 4.39 Å². The van der Waals surface area contributed by atoms with E-state index >= 15 is 0 Å². The van der Waals surface area contributed by atoms with Gasteiger partial charge in [0, 0.05) is 22.4 Å². The van der Waals surface area contributed by atoms with Crippen molar-refractivity contribution in [3.63, 3.8) is 0 Å². The van der Waals surface area contributed by atoms with E-state index < -0.39 is 0 Å². The minimum atomic E-state index is -0.300. The first kappa shape index (κ1) is 14.4. The van der Waals surface area contributed by atoms with E-state index in [0.29, 0.717) is 11.5 Å². The highest BCUT2D eigenvalue weighted by Gasteiger charge is 2.05. The summed E-state index contributed by atoms with van der Waals surface area (Å²) < 4.78 is 15.5. The Morgan fingerprint density at radius 3 is 2.50 bits per heavy atom. The molecule has 0 spiro atoms. The normalized spacial score (nSPS) is 11.0. The Bertz CT molecular complexity index is 780. The predicted octanol–water partition coefficient (Wildman–Crippen LogP) is 3.65. The molecule has 5 nitrogen and oxygen atoms in total. The molecule has 3 rings (SSSR count). The summed E-state index contributed by atoms with van der Waals surface area (Å²) in [7, 11) is 0. The predicted molar refractivity (Wildman–Crippen MR) is 85.9 cm³/mol. The standard InChI is InChI=1S/C15H11BrFN5/c16-11-1-5-13(6-2-11)18-10-9-15-19-20-21-22(15)14-7-3-12(17)4-8-14/h1-10,18H. The second kappa shape index (κ2) is 6.48. The van der Waals surface area contributed by atoms with Gasteiger partial charge < -0.3 is 5.32 Å². The van der Waals surface area contributed by atoms with Gasteiger partial charge in [0.05, 0.1) is 5.69 Å². The zero-order chi connectivity index (χ0) is 15.4. The zero-order valence-electron chi connectivity index (χ0n) is 11.3. The van der Waals surface area contributed by atoms with Crippen molar-refractivity contribution < 1.29 is 4.39 Å². The van der Waals surface area contributed by atoms with Gasteiger partial charge in [0.2, 0.25) is 0 Å². The third-order valence-electron chi connectivity index (χ3n) is 2.89. The number of halogens is 2. The number of hydrogen-bond acceptors (Lipinski definition) is 4. The summed E-state index contributed by atoms with van der Waals surface area (Å²) in [5, 5.41) is 14.6. The van der Waals surface area contributed by atoms with Crippen LogP contribution < -0.4 is 5.32 Å². The van der Waals surface area contributed by atoms with Crippen LogP contribution in [0.25, 0.3) is 11.8 Å². The van der Waals surface area contributed by atoms with Crippen LogP contribution in [0.2, 0.25) is 0 Å². The molecule has 110 valence electrons. The molecule has 1 heterocycles. The van der Waals surface area contributed by atoms with Crippen LogP contribution in [0.3, 0.4) is 0 Å².